The van der Waals surface area contributed by atoms with Gasteiger partial charge < -0.3 is 0 Å². The number of likely N-dealkylation sites (tertiary alicyclic amines) is 2. The van der Waals surface area contributed by atoms with Gasteiger partial charge >= 0.3 is 0 Å². The van der Waals surface area contributed by atoms with Crippen LogP contribution in [0.15, 0.2) is 47.9 Å². The Balaban J connectivity index is 1.83. The lowest BCUT2D eigenvalue weighted by Crippen LogP contribution is -2.56. The third kappa shape index (κ3) is 2.24. The van der Waals surface area contributed by atoms with Crippen molar-refractivity contribution in [2.75, 3.05) is 0 Å². The van der Waals surface area contributed by atoms with Gasteiger partial charge in [0.15, 0.2) is 11.6 Å². The maximum atomic E-state index is 12.6. The normalized spacial score (nSPS) is 25.3. The molecule has 2 fully saturated rings. The van der Waals surface area contributed by atoms with Crippen molar-refractivity contribution >= 4 is 23.4 Å². The summed E-state index contributed by atoms with van der Waals surface area (Å²) in [6.45, 7) is 0. The minimum Gasteiger partial charge on any atom is -0.292 e. The van der Waals surface area contributed by atoms with Gasteiger partial charge in [-0.25, -0.2) is 0 Å². The summed E-state index contributed by atoms with van der Waals surface area (Å²) in [5, 5.41) is 0. The molecule has 25 heavy (non-hydrogen) atoms. The fourth-order valence-corrected chi connectivity index (χ4v) is 4.15. The molecule has 2 saturated heterocycles. The molecule has 0 saturated carbocycles. The Labute approximate surface area is 145 Å². The average Bonchev–Trinajstić information content (AvgIpc) is 3.10. The molecular weight excluding hydrogens is 320 g/mol. The van der Waals surface area contributed by atoms with E-state index in [0.717, 1.165) is 0 Å². The van der Waals surface area contributed by atoms with Crippen LogP contribution in [0.5, 0.6) is 0 Å². The number of carbonyl (C=O) groups is 4. The van der Waals surface area contributed by atoms with Crippen LogP contribution >= 0.6 is 0 Å². The van der Waals surface area contributed by atoms with E-state index in [4.69, 9.17) is 0 Å². The van der Waals surface area contributed by atoms with Crippen LogP contribution in [0.25, 0.3) is 0 Å². The smallest absolute Gasteiger partial charge is 0.229 e. The Morgan fingerprint density at radius 3 is 1.56 bits per heavy atom. The first-order chi connectivity index (χ1) is 12.0. The molecule has 0 aromatic carbocycles. The minimum absolute atomic E-state index is 0.139. The first kappa shape index (κ1) is 15.7. The second-order valence-corrected chi connectivity index (χ2v) is 6.66. The zero-order valence-electron chi connectivity index (χ0n) is 13.7. The number of Topliss-reactive ketones (excluding diaryl/α,β-unsaturated/α-hetero) is 2. The molecule has 2 aliphatic heterocycles. The van der Waals surface area contributed by atoms with E-state index in [2.05, 4.69) is 0 Å². The summed E-state index contributed by atoms with van der Waals surface area (Å²) < 4.78 is 0. The third-order valence-corrected chi connectivity index (χ3v) is 5.25. The Kier molecular flexibility index (Phi) is 3.56. The highest BCUT2D eigenvalue weighted by atomic mass is 16.2. The van der Waals surface area contributed by atoms with Gasteiger partial charge in [-0.2, -0.15) is 0 Å². The van der Waals surface area contributed by atoms with Crippen LogP contribution in [0.2, 0.25) is 0 Å². The molecule has 1 spiro atoms. The predicted octanol–water partition coefficient (Wildman–Crippen LogP) is 1.75. The van der Waals surface area contributed by atoms with Crippen molar-refractivity contribution in [3.63, 3.8) is 0 Å². The van der Waals surface area contributed by atoms with Crippen molar-refractivity contribution in [3.8, 4) is 0 Å². The summed E-state index contributed by atoms with van der Waals surface area (Å²) in [5.41, 5.74) is -0.291. The van der Waals surface area contributed by atoms with Gasteiger partial charge in [0.25, 0.3) is 0 Å². The van der Waals surface area contributed by atoms with E-state index < -0.39 is 5.66 Å². The molecule has 0 radical (unpaired) electrons. The molecule has 0 aromatic rings. The van der Waals surface area contributed by atoms with Crippen molar-refractivity contribution in [2.45, 2.75) is 44.2 Å². The minimum atomic E-state index is -0.937. The van der Waals surface area contributed by atoms with Gasteiger partial charge in [-0.1, -0.05) is 24.3 Å². The molecule has 0 bridgehead atoms. The number of carbonyl (C=O) groups excluding carboxylic acids is 4. The second kappa shape index (κ2) is 5.65. The molecule has 4 rings (SSSR count). The molecule has 0 aromatic heterocycles. The lowest BCUT2D eigenvalue weighted by atomic mass is 9.98. The quantitative estimate of drug-likeness (QED) is 0.769. The number of hydrogen-bond acceptors (Lipinski definition) is 4. The maximum absolute atomic E-state index is 12.6. The molecule has 0 unspecified atom stereocenters. The zero-order chi connectivity index (χ0) is 17.6. The highest BCUT2D eigenvalue weighted by Crippen LogP contribution is 2.47. The maximum Gasteiger partial charge on any atom is 0.229 e. The standard InChI is InChI=1S/C19H18N2O4/c22-15-7-3-1-5-13(15)20-17(24)9-11-19(20)12-10-18(25)21(19)14-6-2-4-8-16(14)23/h1-6H,7-12H2. The van der Waals surface area contributed by atoms with Crippen LogP contribution in [-0.4, -0.2) is 38.8 Å². The third-order valence-electron chi connectivity index (χ3n) is 5.25. The Morgan fingerprint density at radius 2 is 1.16 bits per heavy atom. The van der Waals surface area contributed by atoms with Crippen molar-refractivity contribution < 1.29 is 19.2 Å². The van der Waals surface area contributed by atoms with Crippen molar-refractivity contribution in [1.82, 2.24) is 9.80 Å². The highest BCUT2D eigenvalue weighted by molar-refractivity contribution is 6.04. The van der Waals surface area contributed by atoms with E-state index >= 15 is 0 Å². The van der Waals surface area contributed by atoms with Gasteiger partial charge in [0, 0.05) is 25.7 Å². The molecule has 0 atom stereocenters. The van der Waals surface area contributed by atoms with Crippen LogP contribution in [0.1, 0.15) is 38.5 Å². The Bertz CT molecular complexity index is 747. The highest BCUT2D eigenvalue weighted by Gasteiger charge is 2.58. The fourth-order valence-electron chi connectivity index (χ4n) is 4.15. The van der Waals surface area contributed by atoms with E-state index in [1.807, 2.05) is 0 Å². The first-order valence-corrected chi connectivity index (χ1v) is 8.51. The van der Waals surface area contributed by atoms with Gasteiger partial charge in [0.2, 0.25) is 11.8 Å². The van der Waals surface area contributed by atoms with Gasteiger partial charge in [-0.15, -0.1) is 0 Å². The fraction of sp³-hybridized carbons (Fsp3) is 0.368. The van der Waals surface area contributed by atoms with Crippen LogP contribution in [0.4, 0.5) is 0 Å². The van der Waals surface area contributed by atoms with Crippen LogP contribution in [0, 0.1) is 0 Å². The number of nitrogens with zero attached hydrogens (tertiary/aromatic N) is 2. The summed E-state index contributed by atoms with van der Waals surface area (Å²) in [5.74, 6) is -0.622. The molecule has 2 amide bonds. The zero-order valence-corrected chi connectivity index (χ0v) is 13.7. The summed E-state index contributed by atoms with van der Waals surface area (Å²) >= 11 is 0. The molecule has 4 aliphatic rings. The second-order valence-electron chi connectivity index (χ2n) is 6.66. The molecule has 6 nitrogen and oxygen atoms in total. The molecule has 6 heteroatoms. The van der Waals surface area contributed by atoms with Gasteiger partial charge in [-0.3, -0.25) is 29.0 Å². The summed E-state index contributed by atoms with van der Waals surface area (Å²) in [4.78, 5) is 53.0. The van der Waals surface area contributed by atoms with Crippen molar-refractivity contribution in [3.05, 3.63) is 47.9 Å². The average molecular weight is 338 g/mol. The Hall–Kier alpha value is -2.76. The largest absolute Gasteiger partial charge is 0.292 e. The van der Waals surface area contributed by atoms with Crippen LogP contribution in [-0.2, 0) is 19.2 Å². The van der Waals surface area contributed by atoms with Crippen LogP contribution < -0.4 is 0 Å². The summed E-state index contributed by atoms with van der Waals surface area (Å²) in [7, 11) is 0. The van der Waals surface area contributed by atoms with Gasteiger partial charge in [0.05, 0.1) is 11.4 Å². The molecule has 128 valence electrons. The number of hydrogen-bond donors (Lipinski definition) is 0. The SMILES string of the molecule is O=C1CC=CC=C1N1C(=O)CCC12CCC(=O)N2C1=CC=CCC1=O. The molecule has 2 aliphatic carbocycles. The van der Waals surface area contributed by atoms with Crippen molar-refractivity contribution in [1.29, 1.82) is 0 Å². The van der Waals surface area contributed by atoms with Gasteiger partial charge in [-0.05, 0) is 25.0 Å². The lowest BCUT2D eigenvalue weighted by molar-refractivity contribution is -0.142. The number of amides is 2. The van der Waals surface area contributed by atoms with E-state index in [1.54, 1.807) is 36.5 Å². The van der Waals surface area contributed by atoms with E-state index in [0.29, 0.717) is 24.2 Å². The number of allylic oxidation sites excluding steroid dienone is 8. The van der Waals surface area contributed by atoms with Crippen LogP contribution in [0.3, 0.4) is 0 Å². The van der Waals surface area contributed by atoms with Gasteiger partial charge in [0.1, 0.15) is 5.66 Å². The Morgan fingerprint density at radius 1 is 0.720 bits per heavy atom. The van der Waals surface area contributed by atoms with E-state index in [9.17, 15) is 19.2 Å². The topological polar surface area (TPSA) is 74.8 Å². The molecule has 2 heterocycles. The summed E-state index contributed by atoms with van der Waals surface area (Å²) in [6.07, 6.45) is 12.1. The van der Waals surface area contributed by atoms with E-state index in [1.165, 1.54) is 9.80 Å². The lowest BCUT2D eigenvalue weighted by Gasteiger charge is -2.43. The number of ketones is 2. The monoisotopic (exact) mass is 338 g/mol. The van der Waals surface area contributed by atoms with Crippen molar-refractivity contribution in [2.24, 2.45) is 0 Å². The first-order valence-electron chi connectivity index (χ1n) is 8.51. The molecular formula is C19H18N2O4. The predicted molar refractivity (Wildman–Crippen MR) is 88.6 cm³/mol. The van der Waals surface area contributed by atoms with E-state index in [-0.39, 0.29) is 49.1 Å². The number of rotatable bonds is 2. The summed E-state index contributed by atoms with van der Waals surface area (Å²) in [6, 6.07) is 0. The molecule has 0 N–H and O–H groups in total.